The molecule has 1 aliphatic rings. The van der Waals surface area contributed by atoms with Gasteiger partial charge in [-0.15, -0.1) is 0 Å². The summed E-state index contributed by atoms with van der Waals surface area (Å²) < 4.78 is 22.3. The molecule has 0 aliphatic carbocycles. The number of hydrogen-bond acceptors (Lipinski definition) is 5. The molecule has 0 spiro atoms. The van der Waals surface area contributed by atoms with Gasteiger partial charge in [-0.2, -0.15) is 10.2 Å². The Hall–Kier alpha value is -2.91. The number of rotatable bonds is 7. The third-order valence-corrected chi connectivity index (χ3v) is 5.83. The van der Waals surface area contributed by atoms with Gasteiger partial charge in [-0.25, -0.2) is 9.07 Å². The van der Waals surface area contributed by atoms with E-state index in [-0.39, 0.29) is 17.7 Å². The van der Waals surface area contributed by atoms with Gasteiger partial charge in [-0.3, -0.25) is 14.4 Å². The van der Waals surface area contributed by atoms with Gasteiger partial charge in [0.05, 0.1) is 10.7 Å². The Labute approximate surface area is 191 Å². The number of carbonyl (C=O) groups excluding carboxylic acids is 1. The molecule has 3 heterocycles. The Morgan fingerprint density at radius 1 is 1.16 bits per heavy atom. The van der Waals surface area contributed by atoms with Crippen LogP contribution in [0.2, 0.25) is 5.02 Å². The highest BCUT2D eigenvalue weighted by molar-refractivity contribution is 6.30. The fourth-order valence-corrected chi connectivity index (χ4v) is 3.81. The first-order valence-corrected chi connectivity index (χ1v) is 11.0. The second kappa shape index (κ2) is 9.70. The van der Waals surface area contributed by atoms with Crippen LogP contribution in [0.1, 0.15) is 28.7 Å². The van der Waals surface area contributed by atoms with Crippen molar-refractivity contribution in [2.45, 2.75) is 33.7 Å². The second-order valence-corrected chi connectivity index (χ2v) is 8.16. The normalized spacial score (nSPS) is 14.7. The van der Waals surface area contributed by atoms with Crippen molar-refractivity contribution in [3.05, 3.63) is 64.5 Å². The van der Waals surface area contributed by atoms with Crippen molar-refractivity contribution in [2.24, 2.45) is 0 Å². The maximum Gasteiger partial charge on any atom is 0.274 e. The smallest absolute Gasteiger partial charge is 0.274 e. The van der Waals surface area contributed by atoms with Crippen molar-refractivity contribution in [1.29, 1.82) is 0 Å². The zero-order valence-electron chi connectivity index (χ0n) is 18.2. The number of amides is 1. The fraction of sp³-hybridized carbons (Fsp3) is 0.409. The van der Waals surface area contributed by atoms with E-state index < -0.39 is 5.82 Å². The number of halogens is 2. The molecule has 170 valence electrons. The van der Waals surface area contributed by atoms with Crippen LogP contribution in [0.15, 0.2) is 36.7 Å². The molecule has 4 rings (SSSR count). The van der Waals surface area contributed by atoms with Gasteiger partial charge in [-0.05, 0) is 32.0 Å². The van der Waals surface area contributed by atoms with E-state index in [0.29, 0.717) is 24.5 Å². The van der Waals surface area contributed by atoms with Crippen LogP contribution in [-0.2, 0) is 19.8 Å². The molecular formula is C22H26ClFN6O2. The van der Waals surface area contributed by atoms with E-state index in [0.717, 1.165) is 31.9 Å². The van der Waals surface area contributed by atoms with Gasteiger partial charge in [0.15, 0.2) is 12.4 Å². The van der Waals surface area contributed by atoms with Crippen molar-refractivity contribution in [2.75, 3.05) is 26.2 Å². The first-order chi connectivity index (χ1) is 15.4. The van der Waals surface area contributed by atoms with Crippen LogP contribution >= 0.6 is 11.6 Å². The molecule has 8 nitrogen and oxygen atoms in total. The standard InChI is InChI=1S/C22H26ClFN6O2/c1-3-29-14-17(16(2)25-29)13-27-8-10-28(11-9-27)22(31)21-6-7-30(26-21)15-32-18-4-5-20(24)19(23)12-18/h4-7,12,14H,3,8-11,13,15H2,1-2H3. The zero-order chi connectivity index (χ0) is 22.7. The van der Waals surface area contributed by atoms with Crippen LogP contribution < -0.4 is 4.74 Å². The highest BCUT2D eigenvalue weighted by atomic mass is 35.5. The molecule has 0 radical (unpaired) electrons. The minimum absolute atomic E-state index is 0.00710. The lowest BCUT2D eigenvalue weighted by Gasteiger charge is -2.34. The number of piperazine rings is 1. The quantitative estimate of drug-likeness (QED) is 0.541. The SMILES string of the molecule is CCn1cc(CN2CCN(C(=O)c3ccn(COc4ccc(F)c(Cl)c4)n3)CC2)c(C)n1. The Kier molecular flexibility index (Phi) is 6.76. The van der Waals surface area contributed by atoms with Gasteiger partial charge >= 0.3 is 0 Å². The molecule has 1 aliphatic heterocycles. The molecule has 2 aromatic heterocycles. The van der Waals surface area contributed by atoms with Crippen LogP contribution in [-0.4, -0.2) is 61.4 Å². The third kappa shape index (κ3) is 5.11. The van der Waals surface area contributed by atoms with Crippen LogP contribution in [0.4, 0.5) is 4.39 Å². The average molecular weight is 461 g/mol. The zero-order valence-corrected chi connectivity index (χ0v) is 18.9. The molecule has 1 aromatic carbocycles. The maximum absolute atomic E-state index is 13.2. The minimum Gasteiger partial charge on any atom is -0.471 e. The molecule has 1 amide bonds. The summed E-state index contributed by atoms with van der Waals surface area (Å²) in [5, 5.41) is 8.82. The van der Waals surface area contributed by atoms with Crippen molar-refractivity contribution in [3.8, 4) is 5.75 Å². The Balaban J connectivity index is 1.28. The van der Waals surface area contributed by atoms with E-state index in [4.69, 9.17) is 16.3 Å². The number of carbonyl (C=O) groups is 1. The summed E-state index contributed by atoms with van der Waals surface area (Å²) in [5.74, 6) is -0.170. The lowest BCUT2D eigenvalue weighted by atomic mass is 10.2. The topological polar surface area (TPSA) is 68.4 Å². The van der Waals surface area contributed by atoms with Crippen LogP contribution in [0.3, 0.4) is 0 Å². The summed E-state index contributed by atoms with van der Waals surface area (Å²) in [4.78, 5) is 17.0. The van der Waals surface area contributed by atoms with Crippen LogP contribution in [0.5, 0.6) is 5.75 Å². The summed E-state index contributed by atoms with van der Waals surface area (Å²) >= 11 is 5.76. The van der Waals surface area contributed by atoms with Gasteiger partial charge in [-0.1, -0.05) is 11.6 Å². The lowest BCUT2D eigenvalue weighted by molar-refractivity contribution is 0.0620. The summed E-state index contributed by atoms with van der Waals surface area (Å²) in [6, 6.07) is 5.82. The summed E-state index contributed by atoms with van der Waals surface area (Å²) in [6.45, 7) is 8.81. The van der Waals surface area contributed by atoms with Crippen molar-refractivity contribution >= 4 is 17.5 Å². The number of benzene rings is 1. The number of hydrogen-bond donors (Lipinski definition) is 0. The van der Waals surface area contributed by atoms with Crippen molar-refractivity contribution in [3.63, 3.8) is 0 Å². The monoisotopic (exact) mass is 460 g/mol. The molecule has 10 heteroatoms. The Morgan fingerprint density at radius 2 is 1.94 bits per heavy atom. The highest BCUT2D eigenvalue weighted by Crippen LogP contribution is 2.21. The highest BCUT2D eigenvalue weighted by Gasteiger charge is 2.24. The molecule has 0 unspecified atom stereocenters. The number of ether oxygens (including phenoxy) is 1. The van der Waals surface area contributed by atoms with Crippen molar-refractivity contribution < 1.29 is 13.9 Å². The van der Waals surface area contributed by atoms with E-state index in [1.165, 1.54) is 28.4 Å². The van der Waals surface area contributed by atoms with Crippen molar-refractivity contribution in [1.82, 2.24) is 29.4 Å². The average Bonchev–Trinajstić information content (AvgIpc) is 3.41. The van der Waals surface area contributed by atoms with Gasteiger partial charge in [0.2, 0.25) is 0 Å². The summed E-state index contributed by atoms with van der Waals surface area (Å²) in [5.41, 5.74) is 2.66. The maximum atomic E-state index is 13.2. The Morgan fingerprint density at radius 3 is 2.62 bits per heavy atom. The predicted molar refractivity (Wildman–Crippen MR) is 118 cm³/mol. The third-order valence-electron chi connectivity index (χ3n) is 5.54. The molecule has 1 fully saturated rings. The fourth-order valence-electron chi connectivity index (χ4n) is 3.64. The largest absolute Gasteiger partial charge is 0.471 e. The van der Waals surface area contributed by atoms with E-state index >= 15 is 0 Å². The molecule has 3 aromatic rings. The van der Waals surface area contributed by atoms with E-state index in [2.05, 4.69) is 28.2 Å². The van der Waals surface area contributed by atoms with E-state index in [9.17, 15) is 9.18 Å². The summed E-state index contributed by atoms with van der Waals surface area (Å²) in [7, 11) is 0. The van der Waals surface area contributed by atoms with Gasteiger partial charge in [0, 0.05) is 63.3 Å². The molecular weight excluding hydrogens is 435 g/mol. The van der Waals surface area contributed by atoms with Gasteiger partial charge < -0.3 is 9.64 Å². The lowest BCUT2D eigenvalue weighted by Crippen LogP contribution is -2.48. The molecule has 0 saturated carbocycles. The Bertz CT molecular complexity index is 1090. The second-order valence-electron chi connectivity index (χ2n) is 7.75. The van der Waals surface area contributed by atoms with E-state index in [1.54, 1.807) is 12.3 Å². The minimum atomic E-state index is -0.503. The molecule has 0 N–H and O–H groups in total. The van der Waals surface area contributed by atoms with Crippen LogP contribution in [0, 0.1) is 12.7 Å². The van der Waals surface area contributed by atoms with Gasteiger partial charge in [0.25, 0.3) is 5.91 Å². The van der Waals surface area contributed by atoms with E-state index in [1.807, 2.05) is 16.5 Å². The first kappa shape index (κ1) is 22.3. The molecule has 0 atom stereocenters. The molecule has 1 saturated heterocycles. The summed E-state index contributed by atoms with van der Waals surface area (Å²) in [6.07, 6.45) is 3.78. The number of aromatic nitrogens is 4. The van der Waals surface area contributed by atoms with Gasteiger partial charge in [0.1, 0.15) is 11.6 Å². The number of aryl methyl sites for hydroxylation is 2. The number of nitrogens with zero attached hydrogens (tertiary/aromatic N) is 6. The molecule has 0 bridgehead atoms. The van der Waals surface area contributed by atoms with Crippen LogP contribution in [0.25, 0.3) is 0 Å². The molecule has 32 heavy (non-hydrogen) atoms. The predicted octanol–water partition coefficient (Wildman–Crippen LogP) is 3.19. The first-order valence-electron chi connectivity index (χ1n) is 10.6.